The summed E-state index contributed by atoms with van der Waals surface area (Å²) in [4.78, 5) is 2.50. The minimum absolute atomic E-state index is 0.00863. The van der Waals surface area contributed by atoms with Crippen molar-refractivity contribution >= 4 is 15.9 Å². The number of rotatable bonds is 8. The Labute approximate surface area is 138 Å². The molecule has 0 aliphatic rings. The van der Waals surface area contributed by atoms with Crippen LogP contribution in [-0.4, -0.2) is 39.9 Å². The van der Waals surface area contributed by atoms with Crippen LogP contribution >= 0.6 is 15.9 Å². The largest absolute Gasteiger partial charge is 0.307 e. The molecule has 0 aliphatic carbocycles. The number of nitrogens with zero attached hydrogens (tertiary/aromatic N) is 3. The summed E-state index contributed by atoms with van der Waals surface area (Å²) >= 11 is 3.70. The standard InChI is InChI=1S/C16H31BrN4/c1-8-18-15(16(6,7)20(9-2)10-3)14-13(17)11-19-21(14)12(4)5/h11-12,15,18H,8-10H2,1-7H3. The van der Waals surface area contributed by atoms with Gasteiger partial charge in [-0.05, 0) is 63.3 Å². The van der Waals surface area contributed by atoms with Crippen LogP contribution in [-0.2, 0) is 0 Å². The molecule has 4 nitrogen and oxygen atoms in total. The van der Waals surface area contributed by atoms with Crippen molar-refractivity contribution in [3.8, 4) is 0 Å². The maximum atomic E-state index is 4.55. The van der Waals surface area contributed by atoms with Gasteiger partial charge in [0.2, 0.25) is 0 Å². The molecule has 21 heavy (non-hydrogen) atoms. The summed E-state index contributed by atoms with van der Waals surface area (Å²) < 4.78 is 3.21. The third-order valence-electron chi connectivity index (χ3n) is 4.24. The second-order valence-electron chi connectivity index (χ2n) is 6.23. The molecule has 1 rings (SSSR count). The average molecular weight is 359 g/mol. The van der Waals surface area contributed by atoms with Gasteiger partial charge in [0, 0.05) is 11.6 Å². The van der Waals surface area contributed by atoms with Crippen LogP contribution in [0.15, 0.2) is 10.7 Å². The van der Waals surface area contributed by atoms with E-state index in [0.717, 1.165) is 24.1 Å². The van der Waals surface area contributed by atoms with Crippen LogP contribution in [0.4, 0.5) is 0 Å². The Morgan fingerprint density at radius 1 is 1.29 bits per heavy atom. The van der Waals surface area contributed by atoms with Gasteiger partial charge in [0.25, 0.3) is 0 Å². The Morgan fingerprint density at radius 3 is 2.29 bits per heavy atom. The molecule has 122 valence electrons. The first-order chi connectivity index (χ1) is 9.81. The van der Waals surface area contributed by atoms with Crippen molar-refractivity contribution in [2.45, 2.75) is 66.1 Å². The molecule has 0 aliphatic heterocycles. The van der Waals surface area contributed by atoms with Gasteiger partial charge in [-0.3, -0.25) is 9.58 Å². The van der Waals surface area contributed by atoms with E-state index in [0.29, 0.717) is 6.04 Å². The maximum Gasteiger partial charge on any atom is 0.0717 e. The number of aromatic nitrogens is 2. The summed E-state index contributed by atoms with van der Waals surface area (Å²) in [5, 5.41) is 8.23. The molecule has 1 aromatic heterocycles. The van der Waals surface area contributed by atoms with E-state index >= 15 is 0 Å². The molecular weight excluding hydrogens is 328 g/mol. The molecule has 0 saturated heterocycles. The molecule has 0 spiro atoms. The van der Waals surface area contributed by atoms with E-state index in [-0.39, 0.29) is 11.6 Å². The number of hydrogen-bond donors (Lipinski definition) is 1. The van der Waals surface area contributed by atoms with Crippen LogP contribution in [0.3, 0.4) is 0 Å². The van der Waals surface area contributed by atoms with Crippen LogP contribution in [0.5, 0.6) is 0 Å². The lowest BCUT2D eigenvalue weighted by Crippen LogP contribution is -2.53. The fraction of sp³-hybridized carbons (Fsp3) is 0.812. The predicted octanol–water partition coefficient (Wildman–Crippen LogP) is 4.00. The Balaban J connectivity index is 3.33. The second-order valence-corrected chi connectivity index (χ2v) is 7.09. The van der Waals surface area contributed by atoms with Crippen molar-refractivity contribution in [3.63, 3.8) is 0 Å². The zero-order chi connectivity index (χ0) is 16.2. The van der Waals surface area contributed by atoms with Crippen molar-refractivity contribution in [1.82, 2.24) is 20.0 Å². The van der Waals surface area contributed by atoms with Gasteiger partial charge in [-0.25, -0.2) is 0 Å². The number of halogens is 1. The van der Waals surface area contributed by atoms with Gasteiger partial charge >= 0.3 is 0 Å². The van der Waals surface area contributed by atoms with Crippen molar-refractivity contribution < 1.29 is 0 Å². The monoisotopic (exact) mass is 358 g/mol. The summed E-state index contributed by atoms with van der Waals surface area (Å²) in [6.07, 6.45) is 1.91. The van der Waals surface area contributed by atoms with Crippen molar-refractivity contribution in [1.29, 1.82) is 0 Å². The first-order valence-corrected chi connectivity index (χ1v) is 8.81. The average Bonchev–Trinajstić information content (AvgIpc) is 2.78. The molecule has 0 saturated carbocycles. The van der Waals surface area contributed by atoms with Crippen LogP contribution in [0.1, 0.15) is 66.2 Å². The van der Waals surface area contributed by atoms with Gasteiger partial charge in [0.1, 0.15) is 0 Å². The lowest BCUT2D eigenvalue weighted by molar-refractivity contribution is 0.0873. The highest BCUT2D eigenvalue weighted by Crippen LogP contribution is 2.36. The molecule has 0 aromatic carbocycles. The summed E-state index contributed by atoms with van der Waals surface area (Å²) in [7, 11) is 0. The van der Waals surface area contributed by atoms with Gasteiger partial charge in [-0.15, -0.1) is 0 Å². The molecule has 1 N–H and O–H groups in total. The SMILES string of the molecule is CCNC(c1c(Br)cnn1C(C)C)C(C)(C)N(CC)CC. The highest BCUT2D eigenvalue weighted by Gasteiger charge is 2.38. The zero-order valence-electron chi connectivity index (χ0n) is 14.6. The third-order valence-corrected chi connectivity index (χ3v) is 4.85. The minimum Gasteiger partial charge on any atom is -0.307 e. The normalized spacial score (nSPS) is 14.2. The van der Waals surface area contributed by atoms with Crippen LogP contribution in [0.2, 0.25) is 0 Å². The second kappa shape index (κ2) is 7.75. The maximum absolute atomic E-state index is 4.55. The highest BCUT2D eigenvalue weighted by atomic mass is 79.9. The highest BCUT2D eigenvalue weighted by molar-refractivity contribution is 9.10. The van der Waals surface area contributed by atoms with Crippen molar-refractivity contribution in [3.05, 3.63) is 16.4 Å². The number of nitrogens with one attached hydrogen (secondary N) is 1. The van der Waals surface area contributed by atoms with Crippen molar-refractivity contribution in [2.75, 3.05) is 19.6 Å². The first kappa shape index (κ1) is 18.7. The molecule has 1 unspecified atom stereocenters. The molecule has 0 bridgehead atoms. The smallest absolute Gasteiger partial charge is 0.0717 e. The van der Waals surface area contributed by atoms with E-state index in [4.69, 9.17) is 0 Å². The van der Waals surface area contributed by atoms with Gasteiger partial charge in [-0.1, -0.05) is 20.8 Å². The summed E-state index contributed by atoms with van der Waals surface area (Å²) in [6.45, 7) is 18.6. The summed E-state index contributed by atoms with van der Waals surface area (Å²) in [5.41, 5.74) is 1.25. The van der Waals surface area contributed by atoms with Gasteiger partial charge in [0.15, 0.2) is 0 Å². The van der Waals surface area contributed by atoms with E-state index in [1.54, 1.807) is 0 Å². The molecule has 0 radical (unpaired) electrons. The van der Waals surface area contributed by atoms with E-state index in [9.17, 15) is 0 Å². The summed E-state index contributed by atoms with van der Waals surface area (Å²) in [5.74, 6) is 0. The Kier molecular flexibility index (Phi) is 6.88. The van der Waals surface area contributed by atoms with Gasteiger partial charge in [-0.2, -0.15) is 5.10 Å². The number of hydrogen-bond acceptors (Lipinski definition) is 3. The third kappa shape index (κ3) is 3.88. The van der Waals surface area contributed by atoms with E-state index < -0.39 is 0 Å². The fourth-order valence-electron chi connectivity index (χ4n) is 3.14. The number of likely N-dealkylation sites (N-methyl/N-ethyl adjacent to an activating group) is 2. The molecule has 1 atom stereocenters. The lowest BCUT2D eigenvalue weighted by atomic mass is 9.89. The van der Waals surface area contributed by atoms with E-state index in [1.165, 1.54) is 5.69 Å². The molecule has 0 fully saturated rings. The molecule has 0 amide bonds. The van der Waals surface area contributed by atoms with Gasteiger partial charge < -0.3 is 5.32 Å². The molecule has 1 aromatic rings. The minimum atomic E-state index is 0.00863. The lowest BCUT2D eigenvalue weighted by Gasteiger charge is -2.44. The summed E-state index contributed by atoms with van der Waals surface area (Å²) in [6, 6.07) is 0.571. The topological polar surface area (TPSA) is 33.1 Å². The van der Waals surface area contributed by atoms with Crippen molar-refractivity contribution in [2.24, 2.45) is 0 Å². The van der Waals surface area contributed by atoms with E-state index in [1.807, 2.05) is 6.20 Å². The molecule has 1 heterocycles. The first-order valence-electron chi connectivity index (χ1n) is 8.02. The Bertz CT molecular complexity index is 435. The quantitative estimate of drug-likeness (QED) is 0.762. The zero-order valence-corrected chi connectivity index (χ0v) is 16.2. The van der Waals surface area contributed by atoms with Gasteiger partial charge in [0.05, 0.1) is 22.4 Å². The molecule has 5 heteroatoms. The Hall–Kier alpha value is -0.390. The van der Waals surface area contributed by atoms with Crippen LogP contribution < -0.4 is 5.32 Å². The van der Waals surface area contributed by atoms with E-state index in [2.05, 4.69) is 84.4 Å². The predicted molar refractivity (Wildman–Crippen MR) is 93.7 cm³/mol. The molecular formula is C16H31BrN4. The fourth-order valence-corrected chi connectivity index (χ4v) is 3.64. The Morgan fingerprint density at radius 2 is 1.86 bits per heavy atom. The van der Waals surface area contributed by atoms with Crippen LogP contribution in [0, 0.1) is 0 Å². The van der Waals surface area contributed by atoms with Crippen LogP contribution in [0.25, 0.3) is 0 Å².